The molecular formula is C19H24FIN4. The Bertz CT molecular complexity index is 702. The zero-order chi connectivity index (χ0) is 16.8. The summed E-state index contributed by atoms with van der Waals surface area (Å²) in [5.41, 5.74) is 1.62. The Labute approximate surface area is 165 Å². The van der Waals surface area contributed by atoms with Gasteiger partial charge >= 0.3 is 0 Å². The molecule has 1 aliphatic rings. The molecule has 1 aromatic heterocycles. The summed E-state index contributed by atoms with van der Waals surface area (Å²) in [6.07, 6.45) is 3.77. The van der Waals surface area contributed by atoms with Crippen molar-refractivity contribution in [3.8, 4) is 0 Å². The number of hydrogen-bond acceptors (Lipinski definition) is 2. The lowest BCUT2D eigenvalue weighted by Crippen LogP contribution is -2.41. The van der Waals surface area contributed by atoms with Gasteiger partial charge in [-0.05, 0) is 43.5 Å². The highest BCUT2D eigenvalue weighted by Crippen LogP contribution is 2.48. The molecule has 25 heavy (non-hydrogen) atoms. The Balaban J connectivity index is 0.00000225. The first kappa shape index (κ1) is 19.6. The molecule has 1 saturated carbocycles. The number of aliphatic imine (C=N–C) groups is 1. The van der Waals surface area contributed by atoms with Crippen LogP contribution in [0, 0.1) is 5.82 Å². The van der Waals surface area contributed by atoms with E-state index in [1.807, 2.05) is 37.3 Å². The molecule has 2 aromatic rings. The molecule has 134 valence electrons. The van der Waals surface area contributed by atoms with Gasteiger partial charge in [-0.1, -0.05) is 24.3 Å². The second-order valence-corrected chi connectivity index (χ2v) is 6.13. The van der Waals surface area contributed by atoms with Crippen LogP contribution in [0.1, 0.15) is 31.0 Å². The lowest BCUT2D eigenvalue weighted by molar-refractivity contribution is 0.559. The second kappa shape index (κ2) is 9.12. The highest BCUT2D eigenvalue weighted by atomic mass is 127. The van der Waals surface area contributed by atoms with Gasteiger partial charge in [-0.15, -0.1) is 24.0 Å². The zero-order valence-corrected chi connectivity index (χ0v) is 16.7. The SMILES string of the molecule is CCNC(=NCc1ccccn1)NCC1(c2ccccc2F)CC1.I. The lowest BCUT2D eigenvalue weighted by atomic mass is 9.95. The van der Waals surface area contributed by atoms with Gasteiger partial charge in [0.2, 0.25) is 0 Å². The maximum atomic E-state index is 14.1. The van der Waals surface area contributed by atoms with Crippen LogP contribution in [0.4, 0.5) is 4.39 Å². The van der Waals surface area contributed by atoms with Crippen LogP contribution in [-0.2, 0) is 12.0 Å². The third-order valence-corrected chi connectivity index (χ3v) is 4.36. The summed E-state index contributed by atoms with van der Waals surface area (Å²) in [6.45, 7) is 4.01. The zero-order valence-electron chi connectivity index (χ0n) is 14.3. The van der Waals surface area contributed by atoms with E-state index in [9.17, 15) is 4.39 Å². The molecule has 0 amide bonds. The lowest BCUT2D eigenvalue weighted by Gasteiger charge is -2.19. The van der Waals surface area contributed by atoms with Crippen LogP contribution < -0.4 is 10.6 Å². The van der Waals surface area contributed by atoms with E-state index in [1.54, 1.807) is 12.3 Å². The first-order chi connectivity index (χ1) is 11.7. The van der Waals surface area contributed by atoms with Crippen LogP contribution in [0.2, 0.25) is 0 Å². The van der Waals surface area contributed by atoms with Gasteiger partial charge < -0.3 is 10.6 Å². The molecule has 4 nitrogen and oxygen atoms in total. The van der Waals surface area contributed by atoms with E-state index in [4.69, 9.17) is 0 Å². The van der Waals surface area contributed by atoms with E-state index in [-0.39, 0.29) is 35.2 Å². The molecule has 6 heteroatoms. The summed E-state index contributed by atoms with van der Waals surface area (Å²) < 4.78 is 14.1. The number of hydrogen-bond donors (Lipinski definition) is 2. The van der Waals surface area contributed by atoms with E-state index in [0.29, 0.717) is 13.1 Å². The monoisotopic (exact) mass is 454 g/mol. The Kier molecular flexibility index (Phi) is 7.16. The van der Waals surface area contributed by atoms with Gasteiger partial charge in [0.1, 0.15) is 5.82 Å². The van der Waals surface area contributed by atoms with Crippen molar-refractivity contribution >= 4 is 29.9 Å². The average Bonchev–Trinajstić information content (AvgIpc) is 3.40. The van der Waals surface area contributed by atoms with Crippen molar-refractivity contribution in [2.75, 3.05) is 13.1 Å². The summed E-state index contributed by atoms with van der Waals surface area (Å²) in [5, 5.41) is 6.60. The van der Waals surface area contributed by atoms with Crippen molar-refractivity contribution in [2.45, 2.75) is 31.7 Å². The number of aromatic nitrogens is 1. The summed E-state index contributed by atoms with van der Waals surface area (Å²) in [6, 6.07) is 12.9. The Morgan fingerprint density at radius 2 is 1.92 bits per heavy atom. The fraction of sp³-hybridized carbons (Fsp3) is 0.368. The molecular weight excluding hydrogens is 430 g/mol. The minimum Gasteiger partial charge on any atom is -0.357 e. The van der Waals surface area contributed by atoms with Gasteiger partial charge in [0.05, 0.1) is 12.2 Å². The maximum Gasteiger partial charge on any atom is 0.191 e. The molecule has 0 unspecified atom stereocenters. The third-order valence-electron chi connectivity index (χ3n) is 4.36. The molecule has 0 atom stereocenters. The summed E-state index contributed by atoms with van der Waals surface area (Å²) in [7, 11) is 0. The summed E-state index contributed by atoms with van der Waals surface area (Å²) in [5.74, 6) is 0.623. The molecule has 0 spiro atoms. The number of pyridine rings is 1. The quantitative estimate of drug-likeness (QED) is 0.398. The van der Waals surface area contributed by atoms with Crippen LogP contribution in [0.3, 0.4) is 0 Å². The second-order valence-electron chi connectivity index (χ2n) is 6.13. The number of nitrogens with one attached hydrogen (secondary N) is 2. The van der Waals surface area contributed by atoms with E-state index in [0.717, 1.165) is 36.6 Å². The Morgan fingerprint density at radius 3 is 2.56 bits per heavy atom. The van der Waals surface area contributed by atoms with Crippen LogP contribution in [0.5, 0.6) is 0 Å². The normalized spacial score (nSPS) is 15.2. The van der Waals surface area contributed by atoms with Crippen molar-refractivity contribution in [1.29, 1.82) is 0 Å². The predicted octanol–water partition coefficient (Wildman–Crippen LogP) is 3.63. The summed E-state index contributed by atoms with van der Waals surface area (Å²) in [4.78, 5) is 8.85. The molecule has 0 bridgehead atoms. The number of rotatable bonds is 6. The topological polar surface area (TPSA) is 49.3 Å². The van der Waals surface area contributed by atoms with E-state index in [1.165, 1.54) is 6.07 Å². The average molecular weight is 454 g/mol. The smallest absolute Gasteiger partial charge is 0.191 e. The van der Waals surface area contributed by atoms with Crippen molar-refractivity contribution in [1.82, 2.24) is 15.6 Å². The van der Waals surface area contributed by atoms with Crippen LogP contribution in [-0.4, -0.2) is 24.0 Å². The van der Waals surface area contributed by atoms with Gasteiger partial charge in [0, 0.05) is 24.7 Å². The Morgan fingerprint density at radius 1 is 1.16 bits per heavy atom. The van der Waals surface area contributed by atoms with Crippen molar-refractivity contribution in [2.24, 2.45) is 4.99 Å². The van der Waals surface area contributed by atoms with Crippen LogP contribution in [0.15, 0.2) is 53.7 Å². The molecule has 2 N–H and O–H groups in total. The summed E-state index contributed by atoms with van der Waals surface area (Å²) >= 11 is 0. The maximum absolute atomic E-state index is 14.1. The minimum absolute atomic E-state index is 0. The first-order valence-electron chi connectivity index (χ1n) is 8.41. The molecule has 0 saturated heterocycles. The van der Waals surface area contributed by atoms with Gasteiger partial charge in [0.15, 0.2) is 5.96 Å². The Hall–Kier alpha value is -1.70. The number of halogens is 2. The molecule has 1 aromatic carbocycles. The molecule has 0 aliphatic heterocycles. The number of benzene rings is 1. The predicted molar refractivity (Wildman–Crippen MR) is 110 cm³/mol. The fourth-order valence-corrected chi connectivity index (χ4v) is 2.83. The van der Waals surface area contributed by atoms with Gasteiger partial charge in [-0.2, -0.15) is 0 Å². The van der Waals surface area contributed by atoms with Crippen LogP contribution >= 0.6 is 24.0 Å². The largest absolute Gasteiger partial charge is 0.357 e. The first-order valence-corrected chi connectivity index (χ1v) is 8.41. The fourth-order valence-electron chi connectivity index (χ4n) is 2.83. The van der Waals surface area contributed by atoms with Gasteiger partial charge in [0.25, 0.3) is 0 Å². The highest BCUT2D eigenvalue weighted by Gasteiger charge is 2.45. The van der Waals surface area contributed by atoms with Crippen molar-refractivity contribution in [3.63, 3.8) is 0 Å². The van der Waals surface area contributed by atoms with E-state index in [2.05, 4.69) is 20.6 Å². The molecule has 0 radical (unpaired) electrons. The van der Waals surface area contributed by atoms with Crippen LogP contribution in [0.25, 0.3) is 0 Å². The minimum atomic E-state index is -0.118. The van der Waals surface area contributed by atoms with E-state index >= 15 is 0 Å². The molecule has 3 rings (SSSR count). The standard InChI is InChI=1S/C19H23FN4.HI/c1-2-21-18(23-13-15-7-5-6-12-22-15)24-14-19(10-11-19)16-8-3-4-9-17(16)20;/h3-9,12H,2,10-11,13-14H2,1H3,(H2,21,23,24);1H. The molecule has 1 fully saturated rings. The number of nitrogens with zero attached hydrogens (tertiary/aromatic N) is 2. The third kappa shape index (κ3) is 5.14. The van der Waals surface area contributed by atoms with E-state index < -0.39 is 0 Å². The van der Waals surface area contributed by atoms with Crippen molar-refractivity contribution < 1.29 is 4.39 Å². The molecule has 1 aliphatic carbocycles. The van der Waals surface area contributed by atoms with Gasteiger partial charge in [-0.25, -0.2) is 9.38 Å². The highest BCUT2D eigenvalue weighted by molar-refractivity contribution is 14.0. The van der Waals surface area contributed by atoms with Gasteiger partial charge in [-0.3, -0.25) is 4.98 Å². The number of guanidine groups is 1. The molecule has 1 heterocycles. The van der Waals surface area contributed by atoms with Crippen molar-refractivity contribution in [3.05, 3.63) is 65.7 Å².